The Morgan fingerprint density at radius 1 is 0.727 bits per heavy atom. The average Bonchev–Trinajstić information content (AvgIpc) is 1.55. The average molecular weight is 157 g/mol. The van der Waals surface area contributed by atoms with Crippen LogP contribution in [0.3, 0.4) is 0 Å². The molecule has 0 saturated heterocycles. The smallest absolute Gasteiger partial charge is 0.409 e. The summed E-state index contributed by atoms with van der Waals surface area (Å²) in [5, 5.41) is 0. The molecule has 0 fully saturated rings. The van der Waals surface area contributed by atoms with Crippen LogP contribution >= 0.6 is 0 Å². The Morgan fingerprint density at radius 3 is 1.18 bits per heavy atom. The Hall–Kier alpha value is -0.0151. The van der Waals surface area contributed by atoms with E-state index in [0.717, 1.165) is 0 Å². The van der Waals surface area contributed by atoms with Crippen molar-refractivity contribution in [1.29, 1.82) is 0 Å². The summed E-state index contributed by atoms with van der Waals surface area (Å²) in [7, 11) is 1.42. The summed E-state index contributed by atoms with van der Waals surface area (Å²) in [6, 6.07) is 0. The third-order valence-corrected chi connectivity index (χ3v) is 0.803. The number of hydrogen-bond donors (Lipinski definition) is 0. The second-order valence-electron chi connectivity index (χ2n) is 4.56. The maximum Gasteiger partial charge on any atom is 0.488 e. The third kappa shape index (κ3) is 9.98. The predicted molar refractivity (Wildman–Crippen MR) is 47.4 cm³/mol. The third-order valence-electron chi connectivity index (χ3n) is 0.803. The molecule has 11 heavy (non-hydrogen) atoms. The molecule has 2 nitrogen and oxygen atoms in total. The lowest BCUT2D eigenvalue weighted by Crippen LogP contribution is -2.29. The molecule has 65 valence electrons. The van der Waals surface area contributed by atoms with Crippen LogP contribution in [-0.2, 0) is 9.31 Å². The first-order valence-corrected chi connectivity index (χ1v) is 3.88. The highest BCUT2D eigenvalue weighted by atomic mass is 16.6. The topological polar surface area (TPSA) is 18.5 Å². The largest absolute Gasteiger partial charge is 0.488 e. The zero-order chi connectivity index (χ0) is 9.12. The van der Waals surface area contributed by atoms with E-state index in [1.54, 1.807) is 0 Å². The molecule has 0 aliphatic heterocycles. The fourth-order valence-corrected chi connectivity index (χ4v) is 0.313. The molecule has 0 aromatic heterocycles. The van der Waals surface area contributed by atoms with E-state index in [4.69, 9.17) is 9.31 Å². The lowest BCUT2D eigenvalue weighted by Gasteiger charge is -2.23. The second kappa shape index (κ2) is 3.59. The molecule has 0 heterocycles. The van der Waals surface area contributed by atoms with Gasteiger partial charge in [0.15, 0.2) is 0 Å². The van der Waals surface area contributed by atoms with Crippen LogP contribution in [0.4, 0.5) is 0 Å². The zero-order valence-corrected chi connectivity index (χ0v) is 8.39. The van der Waals surface area contributed by atoms with Gasteiger partial charge in [-0.25, -0.2) is 0 Å². The van der Waals surface area contributed by atoms with Crippen LogP contribution in [-0.4, -0.2) is 18.9 Å². The first-order chi connectivity index (χ1) is 4.71. The van der Waals surface area contributed by atoms with Gasteiger partial charge in [-0.2, -0.15) is 0 Å². The molecule has 1 radical (unpaired) electrons. The summed E-state index contributed by atoms with van der Waals surface area (Å²) in [5.74, 6) is 0. The molecular weight excluding hydrogens is 139 g/mol. The molecule has 3 heteroatoms. The van der Waals surface area contributed by atoms with Gasteiger partial charge in [0.2, 0.25) is 0 Å². The standard InChI is InChI=1S/C8H18BO2/c1-7(2,3)10-9-11-8(4,5)6/h1-6H3. The van der Waals surface area contributed by atoms with E-state index < -0.39 is 0 Å². The summed E-state index contributed by atoms with van der Waals surface area (Å²) in [5.41, 5.74) is -0.323. The van der Waals surface area contributed by atoms with Crippen molar-refractivity contribution >= 4 is 7.69 Å². The molecule has 0 aromatic rings. The first-order valence-electron chi connectivity index (χ1n) is 3.88. The fraction of sp³-hybridized carbons (Fsp3) is 1.00. The van der Waals surface area contributed by atoms with Gasteiger partial charge in [0.1, 0.15) is 0 Å². The van der Waals surface area contributed by atoms with Gasteiger partial charge in [-0.05, 0) is 41.5 Å². The maximum atomic E-state index is 5.26. The summed E-state index contributed by atoms with van der Waals surface area (Å²) >= 11 is 0. The highest BCUT2D eigenvalue weighted by Crippen LogP contribution is 2.09. The molecule has 0 N–H and O–H groups in total. The Bertz CT molecular complexity index is 96.2. The van der Waals surface area contributed by atoms with Crippen LogP contribution in [0.15, 0.2) is 0 Å². The highest BCUT2D eigenvalue weighted by molar-refractivity contribution is 6.18. The van der Waals surface area contributed by atoms with E-state index in [0.29, 0.717) is 0 Å². The van der Waals surface area contributed by atoms with Crippen LogP contribution in [0, 0.1) is 0 Å². The Balaban J connectivity index is 3.44. The molecular formula is C8H18BO2. The zero-order valence-electron chi connectivity index (χ0n) is 8.39. The second-order valence-corrected chi connectivity index (χ2v) is 4.56. The molecule has 0 bridgehead atoms. The van der Waals surface area contributed by atoms with Gasteiger partial charge < -0.3 is 9.31 Å². The Labute approximate surface area is 70.6 Å². The summed E-state index contributed by atoms with van der Waals surface area (Å²) < 4.78 is 10.5. The summed E-state index contributed by atoms with van der Waals surface area (Å²) in [4.78, 5) is 0. The minimum Gasteiger partial charge on any atom is -0.409 e. The van der Waals surface area contributed by atoms with Crippen molar-refractivity contribution in [3.8, 4) is 0 Å². The van der Waals surface area contributed by atoms with E-state index in [-0.39, 0.29) is 11.2 Å². The number of hydrogen-bond acceptors (Lipinski definition) is 2. The SMILES string of the molecule is CC(C)(C)O[B]OC(C)(C)C. The van der Waals surface area contributed by atoms with Crippen LogP contribution in [0.25, 0.3) is 0 Å². The van der Waals surface area contributed by atoms with Gasteiger partial charge in [-0.15, -0.1) is 0 Å². The molecule has 0 aliphatic carbocycles. The van der Waals surface area contributed by atoms with Crippen molar-refractivity contribution < 1.29 is 9.31 Å². The van der Waals surface area contributed by atoms with Crippen LogP contribution in [0.2, 0.25) is 0 Å². The van der Waals surface area contributed by atoms with Crippen molar-refractivity contribution in [3.05, 3.63) is 0 Å². The van der Waals surface area contributed by atoms with E-state index in [9.17, 15) is 0 Å². The summed E-state index contributed by atoms with van der Waals surface area (Å²) in [6.07, 6.45) is 0. The van der Waals surface area contributed by atoms with E-state index in [1.165, 1.54) is 7.69 Å². The Kier molecular flexibility index (Phi) is 3.58. The number of rotatable bonds is 2. The highest BCUT2D eigenvalue weighted by Gasteiger charge is 2.16. The van der Waals surface area contributed by atoms with Crippen molar-refractivity contribution in [2.75, 3.05) is 0 Å². The molecule has 0 spiro atoms. The van der Waals surface area contributed by atoms with Gasteiger partial charge in [-0.1, -0.05) is 0 Å². The van der Waals surface area contributed by atoms with E-state index >= 15 is 0 Å². The minimum atomic E-state index is -0.161. The quantitative estimate of drug-likeness (QED) is 0.571. The van der Waals surface area contributed by atoms with Crippen LogP contribution in [0.1, 0.15) is 41.5 Å². The fourth-order valence-electron chi connectivity index (χ4n) is 0.313. The molecule has 0 aliphatic rings. The maximum absolute atomic E-state index is 5.26. The van der Waals surface area contributed by atoms with E-state index in [1.807, 2.05) is 41.5 Å². The lowest BCUT2D eigenvalue weighted by molar-refractivity contribution is 0.0511. The molecule has 0 amide bonds. The van der Waals surface area contributed by atoms with E-state index in [2.05, 4.69) is 0 Å². The normalized spacial score (nSPS) is 13.3. The van der Waals surface area contributed by atoms with Gasteiger partial charge in [-0.3, -0.25) is 0 Å². The van der Waals surface area contributed by atoms with Gasteiger partial charge >= 0.3 is 7.69 Å². The molecule has 0 rings (SSSR count). The predicted octanol–water partition coefficient (Wildman–Crippen LogP) is 2.15. The van der Waals surface area contributed by atoms with Crippen molar-refractivity contribution in [2.45, 2.75) is 52.7 Å². The minimum absolute atomic E-state index is 0.161. The van der Waals surface area contributed by atoms with Gasteiger partial charge in [0.05, 0.1) is 0 Å². The van der Waals surface area contributed by atoms with Crippen molar-refractivity contribution in [2.24, 2.45) is 0 Å². The Morgan fingerprint density at radius 2 is 1.00 bits per heavy atom. The van der Waals surface area contributed by atoms with Gasteiger partial charge in [0, 0.05) is 11.2 Å². The van der Waals surface area contributed by atoms with Crippen molar-refractivity contribution in [3.63, 3.8) is 0 Å². The monoisotopic (exact) mass is 157 g/mol. The van der Waals surface area contributed by atoms with Crippen LogP contribution in [0.5, 0.6) is 0 Å². The molecule has 0 unspecified atom stereocenters. The van der Waals surface area contributed by atoms with Gasteiger partial charge in [0.25, 0.3) is 0 Å². The van der Waals surface area contributed by atoms with Crippen LogP contribution < -0.4 is 0 Å². The molecule has 0 atom stereocenters. The lowest BCUT2D eigenvalue weighted by atomic mass is 10.1. The molecule has 0 saturated carbocycles. The first kappa shape index (κ1) is 11.0. The summed E-state index contributed by atoms with van der Waals surface area (Å²) in [6.45, 7) is 11.9. The van der Waals surface area contributed by atoms with Crippen molar-refractivity contribution in [1.82, 2.24) is 0 Å². The molecule has 0 aromatic carbocycles.